The zero-order chi connectivity index (χ0) is 13.3. The number of aromatic nitrogens is 3. The highest BCUT2D eigenvalue weighted by molar-refractivity contribution is 5.63. The summed E-state index contributed by atoms with van der Waals surface area (Å²) in [6.07, 6.45) is 0. The van der Waals surface area contributed by atoms with Crippen LogP contribution < -0.4 is 4.90 Å². The van der Waals surface area contributed by atoms with Gasteiger partial charge in [0.2, 0.25) is 0 Å². The van der Waals surface area contributed by atoms with Crippen LogP contribution in [-0.4, -0.2) is 28.9 Å². The summed E-state index contributed by atoms with van der Waals surface area (Å²) in [5, 5.41) is 4.45. The van der Waals surface area contributed by atoms with Crippen LogP contribution in [0.1, 0.15) is 25.6 Å². The van der Waals surface area contributed by atoms with E-state index in [1.165, 1.54) is 5.69 Å². The van der Waals surface area contributed by atoms with E-state index in [1.54, 1.807) is 0 Å². The molecule has 18 heavy (non-hydrogen) atoms. The molecule has 1 heterocycles. The van der Waals surface area contributed by atoms with Crippen molar-refractivity contribution in [3.8, 4) is 11.4 Å². The number of rotatable bonds is 3. The van der Waals surface area contributed by atoms with Gasteiger partial charge in [0.05, 0.1) is 0 Å². The zero-order valence-electron chi connectivity index (χ0n) is 11.7. The maximum Gasteiger partial charge on any atom is 0.158 e. The smallest absolute Gasteiger partial charge is 0.158 e. The molecule has 2 aromatic rings. The van der Waals surface area contributed by atoms with Crippen LogP contribution >= 0.6 is 0 Å². The number of aryl methyl sites for hydroxylation is 1. The average molecular weight is 244 g/mol. The Kier molecular flexibility index (Phi) is 3.36. The van der Waals surface area contributed by atoms with Crippen LogP contribution in [0.5, 0.6) is 0 Å². The lowest BCUT2D eigenvalue weighted by Crippen LogP contribution is -2.08. The molecule has 4 nitrogen and oxygen atoms in total. The molecular formula is C14H20N4. The molecule has 0 aliphatic carbocycles. The van der Waals surface area contributed by atoms with Crippen LogP contribution in [-0.2, 0) is 7.05 Å². The lowest BCUT2D eigenvalue weighted by molar-refractivity contribution is 0.712. The highest BCUT2D eigenvalue weighted by Crippen LogP contribution is 2.23. The first-order chi connectivity index (χ1) is 8.49. The number of hydrogen-bond acceptors (Lipinski definition) is 3. The molecule has 0 fully saturated rings. The van der Waals surface area contributed by atoms with Gasteiger partial charge in [-0.1, -0.05) is 26.0 Å². The first-order valence-electron chi connectivity index (χ1n) is 6.17. The molecule has 96 valence electrons. The van der Waals surface area contributed by atoms with Crippen LogP contribution in [0.25, 0.3) is 11.4 Å². The molecular weight excluding hydrogens is 224 g/mol. The van der Waals surface area contributed by atoms with Gasteiger partial charge in [-0.05, 0) is 12.1 Å². The molecule has 0 amide bonds. The van der Waals surface area contributed by atoms with E-state index in [9.17, 15) is 0 Å². The van der Waals surface area contributed by atoms with Gasteiger partial charge in [0.15, 0.2) is 11.6 Å². The fourth-order valence-corrected chi connectivity index (χ4v) is 1.82. The van der Waals surface area contributed by atoms with Gasteiger partial charge in [-0.25, -0.2) is 9.67 Å². The van der Waals surface area contributed by atoms with E-state index < -0.39 is 0 Å². The topological polar surface area (TPSA) is 34.0 Å². The van der Waals surface area contributed by atoms with E-state index in [4.69, 9.17) is 0 Å². The van der Waals surface area contributed by atoms with Crippen LogP contribution in [0.2, 0.25) is 0 Å². The predicted molar refractivity (Wildman–Crippen MR) is 74.9 cm³/mol. The predicted octanol–water partition coefficient (Wildman–Crippen LogP) is 2.67. The average Bonchev–Trinajstić information content (AvgIpc) is 2.72. The molecule has 0 aliphatic heterocycles. The summed E-state index contributed by atoms with van der Waals surface area (Å²) in [5.41, 5.74) is 2.27. The Morgan fingerprint density at radius 1 is 1.22 bits per heavy atom. The fourth-order valence-electron chi connectivity index (χ4n) is 1.82. The van der Waals surface area contributed by atoms with Gasteiger partial charge in [0.25, 0.3) is 0 Å². The lowest BCUT2D eigenvalue weighted by Gasteiger charge is -2.13. The third-order valence-electron chi connectivity index (χ3n) is 2.92. The minimum absolute atomic E-state index is 0.349. The Bertz CT molecular complexity index is 540. The monoisotopic (exact) mass is 244 g/mol. The second kappa shape index (κ2) is 4.80. The van der Waals surface area contributed by atoms with E-state index >= 15 is 0 Å². The van der Waals surface area contributed by atoms with Crippen molar-refractivity contribution in [2.45, 2.75) is 19.8 Å². The molecule has 0 saturated heterocycles. The van der Waals surface area contributed by atoms with Crippen molar-refractivity contribution in [2.24, 2.45) is 7.05 Å². The van der Waals surface area contributed by atoms with E-state index in [-0.39, 0.29) is 0 Å². The number of nitrogens with zero attached hydrogens (tertiary/aromatic N) is 4. The largest absolute Gasteiger partial charge is 0.378 e. The van der Waals surface area contributed by atoms with Crippen molar-refractivity contribution < 1.29 is 0 Å². The van der Waals surface area contributed by atoms with Gasteiger partial charge in [-0.15, -0.1) is 0 Å². The quantitative estimate of drug-likeness (QED) is 0.832. The van der Waals surface area contributed by atoms with Gasteiger partial charge >= 0.3 is 0 Å². The summed E-state index contributed by atoms with van der Waals surface area (Å²) >= 11 is 0. The normalized spacial score (nSPS) is 11.0. The second-order valence-electron chi connectivity index (χ2n) is 5.02. The zero-order valence-corrected chi connectivity index (χ0v) is 11.7. The molecule has 0 spiro atoms. The summed E-state index contributed by atoms with van der Waals surface area (Å²) in [5.74, 6) is 2.16. The first-order valence-corrected chi connectivity index (χ1v) is 6.17. The van der Waals surface area contributed by atoms with Crippen molar-refractivity contribution in [1.29, 1.82) is 0 Å². The van der Waals surface area contributed by atoms with Gasteiger partial charge in [-0.3, -0.25) is 0 Å². The minimum Gasteiger partial charge on any atom is -0.378 e. The lowest BCUT2D eigenvalue weighted by atomic mass is 10.1. The molecule has 0 bridgehead atoms. The maximum atomic E-state index is 4.61. The SMILES string of the molecule is CC(C)c1nc(-c2cccc(N(C)C)c2)n(C)n1. The minimum atomic E-state index is 0.349. The number of hydrogen-bond donors (Lipinski definition) is 0. The third kappa shape index (κ3) is 2.37. The Labute approximate surface area is 108 Å². The van der Waals surface area contributed by atoms with Crippen LogP contribution in [0.3, 0.4) is 0 Å². The standard InChI is InChI=1S/C14H20N4/c1-10(2)13-15-14(18(5)16-13)11-7-6-8-12(9-11)17(3)4/h6-10H,1-5H3. The van der Waals surface area contributed by atoms with Crippen molar-refractivity contribution in [3.05, 3.63) is 30.1 Å². The van der Waals surface area contributed by atoms with Crippen LogP contribution in [0.15, 0.2) is 24.3 Å². The molecule has 4 heteroatoms. The van der Waals surface area contributed by atoms with Gasteiger partial charge in [0.1, 0.15) is 0 Å². The summed E-state index contributed by atoms with van der Waals surface area (Å²) < 4.78 is 1.85. The van der Waals surface area contributed by atoms with E-state index in [0.29, 0.717) is 5.92 Å². The second-order valence-corrected chi connectivity index (χ2v) is 5.02. The molecule has 0 atom stereocenters. The Balaban J connectivity index is 2.45. The van der Waals surface area contributed by atoms with Crippen LogP contribution in [0.4, 0.5) is 5.69 Å². The highest BCUT2D eigenvalue weighted by Gasteiger charge is 2.12. The highest BCUT2D eigenvalue weighted by atomic mass is 15.3. The van der Waals surface area contributed by atoms with Crippen molar-refractivity contribution in [2.75, 3.05) is 19.0 Å². The summed E-state index contributed by atoms with van der Waals surface area (Å²) in [7, 11) is 6.02. The van der Waals surface area contributed by atoms with E-state index in [2.05, 4.69) is 47.0 Å². The van der Waals surface area contributed by atoms with E-state index in [1.807, 2.05) is 31.9 Å². The molecule has 0 radical (unpaired) electrons. The number of benzene rings is 1. The fraction of sp³-hybridized carbons (Fsp3) is 0.429. The van der Waals surface area contributed by atoms with E-state index in [0.717, 1.165) is 17.2 Å². The third-order valence-corrected chi connectivity index (χ3v) is 2.92. The summed E-state index contributed by atoms with van der Waals surface area (Å²) in [4.78, 5) is 6.70. The molecule has 1 aromatic heterocycles. The Hall–Kier alpha value is -1.84. The van der Waals surface area contributed by atoms with Gasteiger partial charge < -0.3 is 4.90 Å². The van der Waals surface area contributed by atoms with Crippen molar-refractivity contribution in [1.82, 2.24) is 14.8 Å². The maximum absolute atomic E-state index is 4.61. The molecule has 0 N–H and O–H groups in total. The van der Waals surface area contributed by atoms with Gasteiger partial charge in [0, 0.05) is 38.3 Å². The molecule has 0 unspecified atom stereocenters. The molecule has 1 aromatic carbocycles. The van der Waals surface area contributed by atoms with Crippen LogP contribution in [0, 0.1) is 0 Å². The summed E-state index contributed by atoms with van der Waals surface area (Å²) in [6, 6.07) is 8.34. The Morgan fingerprint density at radius 2 is 1.94 bits per heavy atom. The molecule has 0 saturated carbocycles. The molecule has 2 rings (SSSR count). The van der Waals surface area contributed by atoms with Crippen molar-refractivity contribution in [3.63, 3.8) is 0 Å². The van der Waals surface area contributed by atoms with Gasteiger partial charge in [-0.2, -0.15) is 5.10 Å². The summed E-state index contributed by atoms with van der Waals surface area (Å²) in [6.45, 7) is 4.21. The number of anilines is 1. The van der Waals surface area contributed by atoms with Crippen molar-refractivity contribution >= 4 is 5.69 Å². The first kappa shape index (κ1) is 12.6. The molecule has 0 aliphatic rings. The Morgan fingerprint density at radius 3 is 2.50 bits per heavy atom.